The second-order valence-corrected chi connectivity index (χ2v) is 7.14. The van der Waals surface area contributed by atoms with Crippen molar-refractivity contribution in [2.45, 2.75) is 6.42 Å². The third kappa shape index (κ3) is 5.68. The van der Waals surface area contributed by atoms with Gasteiger partial charge in [0.05, 0.1) is 0 Å². The number of benzene rings is 3. The van der Waals surface area contributed by atoms with Crippen molar-refractivity contribution in [3.05, 3.63) is 105 Å². The summed E-state index contributed by atoms with van der Waals surface area (Å²) in [6.07, 6.45) is 1.93. The van der Waals surface area contributed by atoms with E-state index in [-0.39, 0.29) is 11.4 Å². The van der Waals surface area contributed by atoms with E-state index in [1.165, 1.54) is 18.2 Å². The number of anilines is 1. The molecule has 0 spiro atoms. The Labute approximate surface area is 178 Å². The smallest absolute Gasteiger partial charge is 0.266 e. The number of hydrogen-bond acceptors (Lipinski definition) is 2. The van der Waals surface area contributed by atoms with Crippen molar-refractivity contribution in [2.75, 3.05) is 5.32 Å². The fraction of sp³-hybridized carbons (Fsp3) is 0.0435. The van der Waals surface area contributed by atoms with Crippen LogP contribution in [0.5, 0.6) is 0 Å². The van der Waals surface area contributed by atoms with Crippen molar-refractivity contribution < 1.29 is 9.18 Å². The van der Waals surface area contributed by atoms with Crippen LogP contribution in [0.2, 0.25) is 10.0 Å². The molecule has 6 heteroatoms. The van der Waals surface area contributed by atoms with Gasteiger partial charge in [0, 0.05) is 15.7 Å². The zero-order valence-electron chi connectivity index (χ0n) is 15.1. The van der Waals surface area contributed by atoms with Gasteiger partial charge in [0.15, 0.2) is 0 Å². The molecule has 0 fully saturated rings. The Hall–Kier alpha value is -3.13. The molecular weight excluding hydrogens is 410 g/mol. The van der Waals surface area contributed by atoms with Gasteiger partial charge >= 0.3 is 0 Å². The first-order valence-electron chi connectivity index (χ1n) is 8.66. The summed E-state index contributed by atoms with van der Waals surface area (Å²) in [4.78, 5) is 12.4. The van der Waals surface area contributed by atoms with E-state index in [9.17, 15) is 14.4 Å². The van der Waals surface area contributed by atoms with Gasteiger partial charge < -0.3 is 5.32 Å². The van der Waals surface area contributed by atoms with Gasteiger partial charge in [-0.15, -0.1) is 0 Å². The second kappa shape index (κ2) is 9.38. The highest BCUT2D eigenvalue weighted by molar-refractivity contribution is 6.31. The van der Waals surface area contributed by atoms with E-state index in [1.807, 2.05) is 12.1 Å². The zero-order chi connectivity index (χ0) is 20.8. The quantitative estimate of drug-likeness (QED) is 0.387. The minimum Gasteiger partial charge on any atom is -0.321 e. The molecule has 0 saturated carbocycles. The van der Waals surface area contributed by atoms with Crippen LogP contribution < -0.4 is 5.32 Å². The molecular formula is C23H15Cl2FN2O. The largest absolute Gasteiger partial charge is 0.321 e. The molecule has 29 heavy (non-hydrogen) atoms. The minimum absolute atomic E-state index is 0.0704. The summed E-state index contributed by atoms with van der Waals surface area (Å²) in [7, 11) is 0. The summed E-state index contributed by atoms with van der Waals surface area (Å²) >= 11 is 12.3. The molecule has 0 saturated heterocycles. The van der Waals surface area contributed by atoms with Gasteiger partial charge in [-0.05, 0) is 65.6 Å². The molecule has 0 radical (unpaired) electrons. The molecule has 0 aromatic heterocycles. The number of amides is 1. The highest BCUT2D eigenvalue weighted by atomic mass is 35.5. The highest BCUT2D eigenvalue weighted by Gasteiger charge is 2.11. The number of rotatable bonds is 5. The summed E-state index contributed by atoms with van der Waals surface area (Å²) in [6.45, 7) is 0. The van der Waals surface area contributed by atoms with E-state index in [0.717, 1.165) is 11.1 Å². The van der Waals surface area contributed by atoms with E-state index in [1.54, 1.807) is 48.5 Å². The maximum absolute atomic E-state index is 13.4. The molecule has 3 aromatic rings. The highest BCUT2D eigenvalue weighted by Crippen LogP contribution is 2.23. The lowest BCUT2D eigenvalue weighted by Gasteiger charge is -2.07. The Bertz CT molecular complexity index is 1140. The number of hydrogen-bond donors (Lipinski definition) is 1. The predicted molar refractivity (Wildman–Crippen MR) is 114 cm³/mol. The van der Waals surface area contributed by atoms with Gasteiger partial charge in [-0.1, -0.05) is 53.5 Å². The number of nitrogens with one attached hydrogen (secondary N) is 1. The molecule has 144 valence electrons. The molecule has 3 rings (SSSR count). The lowest BCUT2D eigenvalue weighted by atomic mass is 10.0. The van der Waals surface area contributed by atoms with Crippen LogP contribution in [0.15, 0.2) is 72.3 Å². The molecule has 0 aliphatic carbocycles. The van der Waals surface area contributed by atoms with Gasteiger partial charge in [-0.3, -0.25) is 4.79 Å². The molecule has 0 heterocycles. The second-order valence-electron chi connectivity index (χ2n) is 6.29. The van der Waals surface area contributed by atoms with Crippen LogP contribution in [-0.2, 0) is 11.2 Å². The van der Waals surface area contributed by atoms with Crippen LogP contribution in [0.4, 0.5) is 10.1 Å². The summed E-state index contributed by atoms with van der Waals surface area (Å²) < 4.78 is 13.4. The van der Waals surface area contributed by atoms with Gasteiger partial charge in [0.1, 0.15) is 17.5 Å². The number of carbonyl (C=O) groups is 1. The molecule has 0 unspecified atom stereocenters. The number of carbonyl (C=O) groups excluding carboxylic acids is 1. The predicted octanol–water partition coefficient (Wildman–Crippen LogP) is 6.27. The third-order valence-electron chi connectivity index (χ3n) is 4.12. The Morgan fingerprint density at radius 1 is 1.07 bits per heavy atom. The fourth-order valence-corrected chi connectivity index (χ4v) is 3.19. The van der Waals surface area contributed by atoms with Crippen LogP contribution in [0.1, 0.15) is 16.7 Å². The number of nitriles is 1. The van der Waals surface area contributed by atoms with E-state index < -0.39 is 5.91 Å². The first kappa shape index (κ1) is 20.6. The Morgan fingerprint density at radius 3 is 2.55 bits per heavy atom. The molecule has 1 N–H and O–H groups in total. The lowest BCUT2D eigenvalue weighted by Crippen LogP contribution is -2.13. The maximum Gasteiger partial charge on any atom is 0.266 e. The fourth-order valence-electron chi connectivity index (χ4n) is 2.74. The Morgan fingerprint density at radius 2 is 1.86 bits per heavy atom. The van der Waals surface area contributed by atoms with Crippen molar-refractivity contribution in [3.8, 4) is 6.07 Å². The van der Waals surface area contributed by atoms with Crippen LogP contribution in [-0.4, -0.2) is 5.91 Å². The first-order valence-corrected chi connectivity index (χ1v) is 9.42. The van der Waals surface area contributed by atoms with E-state index in [2.05, 4.69) is 5.32 Å². The van der Waals surface area contributed by atoms with E-state index in [0.29, 0.717) is 27.7 Å². The molecule has 0 bridgehead atoms. The SMILES string of the molecule is N#C/C(=C\c1ccc(Cc2cccc(F)c2)c(Cl)c1)C(=O)Nc1cccc(Cl)c1. The van der Waals surface area contributed by atoms with Crippen molar-refractivity contribution in [1.82, 2.24) is 0 Å². The molecule has 3 aromatic carbocycles. The summed E-state index contributed by atoms with van der Waals surface area (Å²) in [5.41, 5.74) is 2.65. The first-order chi connectivity index (χ1) is 13.9. The Kier molecular flexibility index (Phi) is 6.66. The van der Waals surface area contributed by atoms with Crippen LogP contribution >= 0.6 is 23.2 Å². The topological polar surface area (TPSA) is 52.9 Å². The minimum atomic E-state index is -0.547. The Balaban J connectivity index is 1.78. The van der Waals surface area contributed by atoms with Crippen molar-refractivity contribution in [3.63, 3.8) is 0 Å². The van der Waals surface area contributed by atoms with Gasteiger partial charge in [-0.2, -0.15) is 5.26 Å². The zero-order valence-corrected chi connectivity index (χ0v) is 16.6. The average Bonchev–Trinajstić information content (AvgIpc) is 2.68. The normalized spacial score (nSPS) is 11.0. The summed E-state index contributed by atoms with van der Waals surface area (Å²) in [5.74, 6) is -0.850. The van der Waals surface area contributed by atoms with Crippen molar-refractivity contribution in [1.29, 1.82) is 5.26 Å². The maximum atomic E-state index is 13.4. The molecule has 0 aliphatic heterocycles. The van der Waals surface area contributed by atoms with Crippen LogP contribution in [0, 0.1) is 17.1 Å². The van der Waals surface area contributed by atoms with Gasteiger partial charge in [0.25, 0.3) is 5.91 Å². The monoisotopic (exact) mass is 424 g/mol. The van der Waals surface area contributed by atoms with E-state index >= 15 is 0 Å². The van der Waals surface area contributed by atoms with Crippen LogP contribution in [0.25, 0.3) is 6.08 Å². The molecule has 0 atom stereocenters. The van der Waals surface area contributed by atoms with Gasteiger partial charge in [-0.25, -0.2) is 4.39 Å². The lowest BCUT2D eigenvalue weighted by molar-refractivity contribution is -0.112. The van der Waals surface area contributed by atoms with E-state index in [4.69, 9.17) is 23.2 Å². The van der Waals surface area contributed by atoms with Crippen LogP contribution in [0.3, 0.4) is 0 Å². The summed E-state index contributed by atoms with van der Waals surface area (Å²) in [6, 6.07) is 20.1. The standard InChI is InChI=1S/C23H15Cl2FN2O/c24-19-4-2-6-21(13-19)28-23(29)18(14-27)10-16-7-8-17(22(25)12-16)9-15-3-1-5-20(26)11-15/h1-8,10-13H,9H2,(H,28,29)/b18-10+. The molecule has 1 amide bonds. The third-order valence-corrected chi connectivity index (χ3v) is 4.71. The molecule has 0 aliphatic rings. The molecule has 3 nitrogen and oxygen atoms in total. The van der Waals surface area contributed by atoms with Crippen molar-refractivity contribution in [2.24, 2.45) is 0 Å². The van der Waals surface area contributed by atoms with Gasteiger partial charge in [0.2, 0.25) is 0 Å². The average molecular weight is 425 g/mol. The van der Waals surface area contributed by atoms with Crippen molar-refractivity contribution >= 4 is 40.9 Å². The summed E-state index contributed by atoms with van der Waals surface area (Å²) in [5, 5.41) is 12.9. The number of nitrogens with zero attached hydrogens (tertiary/aromatic N) is 1. The number of halogens is 3.